The van der Waals surface area contributed by atoms with Gasteiger partial charge in [0.15, 0.2) is 5.96 Å². The number of morpholine rings is 1. The lowest BCUT2D eigenvalue weighted by Gasteiger charge is -2.37. The Balaban J connectivity index is 1.70. The zero-order chi connectivity index (χ0) is 19.3. The van der Waals surface area contributed by atoms with Crippen molar-refractivity contribution in [3.05, 3.63) is 29.8 Å². The van der Waals surface area contributed by atoms with Crippen LogP contribution in [-0.4, -0.2) is 64.3 Å². The third-order valence-electron chi connectivity index (χ3n) is 4.75. The summed E-state index contributed by atoms with van der Waals surface area (Å²) < 4.78 is 34.7. The number of ether oxygens (including phenoxy) is 2. The number of hydrogen-bond acceptors (Lipinski definition) is 5. The summed E-state index contributed by atoms with van der Waals surface area (Å²) in [6.45, 7) is 6.07. The lowest BCUT2D eigenvalue weighted by atomic mass is 10.1. The van der Waals surface area contributed by atoms with Crippen molar-refractivity contribution >= 4 is 16.0 Å². The minimum absolute atomic E-state index is 0.0517. The molecule has 2 heterocycles. The average molecular weight is 397 g/mol. The predicted molar refractivity (Wildman–Crippen MR) is 103 cm³/mol. The smallest absolute Gasteiger partial charge is 0.238 e. The molecule has 1 aromatic rings. The van der Waals surface area contributed by atoms with E-state index < -0.39 is 10.0 Å². The Bertz CT molecular complexity index is 762. The van der Waals surface area contributed by atoms with E-state index >= 15 is 0 Å². The molecular formula is C18H28N4O4S. The maximum Gasteiger partial charge on any atom is 0.238 e. The van der Waals surface area contributed by atoms with Crippen LogP contribution in [0.15, 0.2) is 34.2 Å². The molecule has 0 amide bonds. The fourth-order valence-electron chi connectivity index (χ4n) is 3.40. The first-order valence-electron chi connectivity index (χ1n) is 9.35. The zero-order valence-corrected chi connectivity index (χ0v) is 16.5. The summed E-state index contributed by atoms with van der Waals surface area (Å²) in [5.74, 6) is 0.796. The molecule has 1 aromatic carbocycles. The van der Waals surface area contributed by atoms with E-state index in [1.165, 1.54) is 6.07 Å². The molecule has 27 heavy (non-hydrogen) atoms. The van der Waals surface area contributed by atoms with Crippen LogP contribution in [0, 0.1) is 0 Å². The van der Waals surface area contributed by atoms with E-state index in [1.807, 2.05) is 13.0 Å². The molecule has 9 heteroatoms. The summed E-state index contributed by atoms with van der Waals surface area (Å²) in [6.07, 6.45) is 2.32. The highest BCUT2D eigenvalue weighted by atomic mass is 32.2. The van der Waals surface area contributed by atoms with Gasteiger partial charge in [-0.05, 0) is 37.5 Å². The van der Waals surface area contributed by atoms with Crippen molar-refractivity contribution in [1.82, 2.24) is 10.2 Å². The fourth-order valence-corrected chi connectivity index (χ4v) is 3.99. The molecule has 2 unspecified atom stereocenters. The third kappa shape index (κ3) is 5.41. The van der Waals surface area contributed by atoms with Crippen LogP contribution in [0.3, 0.4) is 0 Å². The van der Waals surface area contributed by atoms with Crippen LogP contribution in [0.25, 0.3) is 0 Å². The number of hydrogen-bond donors (Lipinski definition) is 2. The van der Waals surface area contributed by atoms with Crippen molar-refractivity contribution < 1.29 is 17.9 Å². The Morgan fingerprint density at radius 2 is 2.15 bits per heavy atom. The first kappa shape index (κ1) is 20.1. The number of aliphatic imine (C=N–C) groups is 1. The molecule has 0 radical (unpaired) electrons. The Morgan fingerprint density at radius 3 is 2.85 bits per heavy atom. The molecule has 2 saturated heterocycles. The van der Waals surface area contributed by atoms with E-state index in [-0.39, 0.29) is 17.1 Å². The predicted octanol–water partition coefficient (Wildman–Crippen LogP) is 0.679. The monoisotopic (exact) mass is 396 g/mol. The number of nitrogens with two attached hydrogens (primary N) is 1. The van der Waals surface area contributed by atoms with Gasteiger partial charge in [-0.15, -0.1) is 0 Å². The largest absolute Gasteiger partial charge is 0.375 e. The van der Waals surface area contributed by atoms with Crippen LogP contribution in [0.4, 0.5) is 0 Å². The minimum Gasteiger partial charge on any atom is -0.375 e. The van der Waals surface area contributed by atoms with Crippen LogP contribution < -0.4 is 10.5 Å². The van der Waals surface area contributed by atoms with Gasteiger partial charge in [0.2, 0.25) is 10.0 Å². The standard InChI is InChI=1S/C18H28N4O4S/c1-2-20-18(21-12-14-5-3-6-15(11-14)27(19,23)24)22-8-10-26-17(13-22)16-7-4-9-25-16/h3,5-6,11,16-17H,2,4,7-10,12-13H2,1H3,(H,20,21)(H2,19,23,24). The second-order valence-corrected chi connectivity index (χ2v) is 8.33. The summed E-state index contributed by atoms with van der Waals surface area (Å²) in [4.78, 5) is 6.98. The van der Waals surface area contributed by atoms with E-state index in [0.29, 0.717) is 13.2 Å². The Labute approximate surface area is 160 Å². The van der Waals surface area contributed by atoms with Gasteiger partial charge in [-0.2, -0.15) is 0 Å². The molecule has 0 bridgehead atoms. The first-order valence-corrected chi connectivity index (χ1v) is 10.9. The Morgan fingerprint density at radius 1 is 1.33 bits per heavy atom. The van der Waals surface area contributed by atoms with Crippen molar-refractivity contribution in [3.8, 4) is 0 Å². The van der Waals surface area contributed by atoms with E-state index in [4.69, 9.17) is 19.6 Å². The summed E-state index contributed by atoms with van der Waals surface area (Å²) in [5.41, 5.74) is 0.792. The third-order valence-corrected chi connectivity index (χ3v) is 5.66. The van der Waals surface area contributed by atoms with Crippen molar-refractivity contribution in [2.24, 2.45) is 10.1 Å². The molecule has 0 spiro atoms. The van der Waals surface area contributed by atoms with Crippen molar-refractivity contribution in [2.45, 2.75) is 43.4 Å². The molecule has 0 aromatic heterocycles. The molecule has 2 atom stereocenters. The normalized spacial score (nSPS) is 24.2. The molecule has 0 saturated carbocycles. The van der Waals surface area contributed by atoms with Crippen LogP contribution in [0.5, 0.6) is 0 Å². The maximum absolute atomic E-state index is 11.5. The number of primary sulfonamides is 1. The topological polar surface area (TPSA) is 106 Å². The molecule has 2 aliphatic rings. The van der Waals surface area contributed by atoms with Gasteiger partial charge in [0, 0.05) is 26.2 Å². The molecule has 3 N–H and O–H groups in total. The number of sulfonamides is 1. The van der Waals surface area contributed by atoms with Gasteiger partial charge in [0.25, 0.3) is 0 Å². The van der Waals surface area contributed by atoms with Gasteiger partial charge < -0.3 is 19.7 Å². The van der Waals surface area contributed by atoms with Crippen LogP contribution in [0.2, 0.25) is 0 Å². The molecule has 0 aliphatic carbocycles. The second-order valence-electron chi connectivity index (χ2n) is 6.77. The summed E-state index contributed by atoms with van der Waals surface area (Å²) in [5, 5.41) is 8.53. The molecular weight excluding hydrogens is 368 g/mol. The SMILES string of the molecule is CCNC(=NCc1cccc(S(N)(=O)=O)c1)N1CCOC(C2CCCO2)C1. The van der Waals surface area contributed by atoms with E-state index in [2.05, 4.69) is 10.2 Å². The molecule has 2 aliphatic heterocycles. The van der Waals surface area contributed by atoms with E-state index in [0.717, 1.165) is 50.6 Å². The quantitative estimate of drug-likeness (QED) is 0.560. The van der Waals surface area contributed by atoms with Gasteiger partial charge in [0.1, 0.15) is 6.10 Å². The first-order chi connectivity index (χ1) is 13.0. The van der Waals surface area contributed by atoms with Gasteiger partial charge in [-0.25, -0.2) is 18.5 Å². The van der Waals surface area contributed by atoms with Gasteiger partial charge >= 0.3 is 0 Å². The zero-order valence-electron chi connectivity index (χ0n) is 15.6. The van der Waals surface area contributed by atoms with Crippen LogP contribution in [-0.2, 0) is 26.0 Å². The summed E-state index contributed by atoms with van der Waals surface area (Å²) in [7, 11) is -3.72. The van der Waals surface area contributed by atoms with Crippen LogP contribution in [0.1, 0.15) is 25.3 Å². The highest BCUT2D eigenvalue weighted by Crippen LogP contribution is 2.21. The van der Waals surface area contributed by atoms with E-state index in [9.17, 15) is 8.42 Å². The molecule has 2 fully saturated rings. The highest BCUT2D eigenvalue weighted by molar-refractivity contribution is 7.89. The highest BCUT2D eigenvalue weighted by Gasteiger charge is 2.32. The van der Waals surface area contributed by atoms with Gasteiger partial charge in [-0.3, -0.25) is 0 Å². The van der Waals surface area contributed by atoms with Crippen molar-refractivity contribution in [2.75, 3.05) is 32.8 Å². The molecule has 3 rings (SSSR count). The Kier molecular flexibility index (Phi) is 6.69. The van der Waals surface area contributed by atoms with Crippen LogP contribution >= 0.6 is 0 Å². The average Bonchev–Trinajstić information content (AvgIpc) is 3.20. The number of rotatable bonds is 5. The summed E-state index contributed by atoms with van der Waals surface area (Å²) >= 11 is 0. The number of nitrogens with zero attached hydrogens (tertiary/aromatic N) is 2. The fraction of sp³-hybridized carbons (Fsp3) is 0.611. The van der Waals surface area contributed by atoms with Gasteiger partial charge in [-0.1, -0.05) is 12.1 Å². The Hall–Kier alpha value is -1.68. The lowest BCUT2D eigenvalue weighted by Crippen LogP contribution is -2.53. The number of guanidine groups is 1. The minimum atomic E-state index is -3.72. The number of nitrogens with one attached hydrogen (secondary N) is 1. The molecule has 8 nitrogen and oxygen atoms in total. The summed E-state index contributed by atoms with van der Waals surface area (Å²) in [6, 6.07) is 6.58. The second kappa shape index (κ2) is 9.01. The molecule has 150 valence electrons. The van der Waals surface area contributed by atoms with E-state index in [1.54, 1.807) is 12.1 Å². The van der Waals surface area contributed by atoms with Crippen molar-refractivity contribution in [3.63, 3.8) is 0 Å². The maximum atomic E-state index is 11.5. The van der Waals surface area contributed by atoms with Crippen molar-refractivity contribution in [1.29, 1.82) is 0 Å². The number of benzene rings is 1. The van der Waals surface area contributed by atoms with Gasteiger partial charge in [0.05, 0.1) is 24.2 Å². The lowest BCUT2D eigenvalue weighted by molar-refractivity contribution is -0.0817.